The number of nitrogens with zero attached hydrogens (tertiary/aromatic N) is 1. The summed E-state index contributed by atoms with van der Waals surface area (Å²) in [5.41, 5.74) is 1.10. The topological polar surface area (TPSA) is 41.6 Å². The Morgan fingerprint density at radius 2 is 2.14 bits per heavy atom. The van der Waals surface area contributed by atoms with E-state index in [2.05, 4.69) is 16.3 Å². The normalized spacial score (nSPS) is 20.9. The predicted molar refractivity (Wildman–Crippen MR) is 86.8 cm³/mol. The van der Waals surface area contributed by atoms with E-state index in [1.54, 1.807) is 7.11 Å². The lowest BCUT2D eigenvalue weighted by Crippen LogP contribution is -2.33. The van der Waals surface area contributed by atoms with Crippen LogP contribution in [0.15, 0.2) is 24.3 Å². The van der Waals surface area contributed by atoms with Gasteiger partial charge in [-0.1, -0.05) is 18.2 Å². The van der Waals surface area contributed by atoms with Gasteiger partial charge in [-0.15, -0.1) is 0 Å². The molecule has 1 N–H and O–H groups in total. The number of rotatable bonds is 7. The first-order valence-electron chi connectivity index (χ1n) is 8.40. The summed E-state index contributed by atoms with van der Waals surface area (Å²) in [4.78, 5) is 14.7. The van der Waals surface area contributed by atoms with Crippen molar-refractivity contribution in [3.8, 4) is 5.75 Å². The van der Waals surface area contributed by atoms with Gasteiger partial charge in [0.2, 0.25) is 5.91 Å². The van der Waals surface area contributed by atoms with Crippen molar-refractivity contribution in [2.45, 2.75) is 44.7 Å². The average Bonchev–Trinajstić information content (AvgIpc) is 3.25. The van der Waals surface area contributed by atoms with Gasteiger partial charge in [-0.05, 0) is 50.8 Å². The number of carbonyl (C=O) groups is 1. The number of ether oxygens (including phenoxy) is 1. The second-order valence-electron chi connectivity index (χ2n) is 6.46. The van der Waals surface area contributed by atoms with Crippen LogP contribution in [0.5, 0.6) is 5.75 Å². The van der Waals surface area contributed by atoms with Gasteiger partial charge in [-0.2, -0.15) is 0 Å². The molecule has 0 bridgehead atoms. The molecule has 1 saturated carbocycles. The molecule has 1 aliphatic heterocycles. The molecule has 1 aromatic carbocycles. The SMILES string of the molecule is COc1ccccc1CN(C(=O)CCC1CCNC1)C1CC1. The Morgan fingerprint density at radius 3 is 2.82 bits per heavy atom. The van der Waals surface area contributed by atoms with Crippen LogP contribution in [0.3, 0.4) is 0 Å². The van der Waals surface area contributed by atoms with Crippen LogP contribution in [0.25, 0.3) is 0 Å². The monoisotopic (exact) mass is 302 g/mol. The fourth-order valence-electron chi connectivity index (χ4n) is 3.26. The molecule has 1 saturated heterocycles. The molecule has 1 aliphatic carbocycles. The van der Waals surface area contributed by atoms with E-state index < -0.39 is 0 Å². The van der Waals surface area contributed by atoms with Crippen LogP contribution in [0.4, 0.5) is 0 Å². The molecule has 1 atom stereocenters. The summed E-state index contributed by atoms with van der Waals surface area (Å²) < 4.78 is 5.42. The highest BCUT2D eigenvalue weighted by atomic mass is 16.5. The minimum atomic E-state index is 0.306. The van der Waals surface area contributed by atoms with Crippen LogP contribution in [0.2, 0.25) is 0 Å². The van der Waals surface area contributed by atoms with Crippen LogP contribution in [0.1, 0.15) is 37.7 Å². The van der Waals surface area contributed by atoms with Crippen molar-refractivity contribution in [2.75, 3.05) is 20.2 Å². The lowest BCUT2D eigenvalue weighted by molar-refractivity contribution is -0.132. The molecule has 22 heavy (non-hydrogen) atoms. The summed E-state index contributed by atoms with van der Waals surface area (Å²) in [6.45, 7) is 2.85. The van der Waals surface area contributed by atoms with Crippen molar-refractivity contribution in [2.24, 2.45) is 5.92 Å². The van der Waals surface area contributed by atoms with Gasteiger partial charge in [0, 0.05) is 24.6 Å². The highest BCUT2D eigenvalue weighted by Gasteiger charge is 2.33. The number of hydrogen-bond donors (Lipinski definition) is 1. The first-order valence-corrected chi connectivity index (χ1v) is 8.40. The van der Waals surface area contributed by atoms with Gasteiger partial charge in [0.05, 0.1) is 7.11 Å². The molecule has 120 valence electrons. The number of benzene rings is 1. The number of nitrogens with one attached hydrogen (secondary N) is 1. The minimum Gasteiger partial charge on any atom is -0.496 e. The zero-order valence-corrected chi connectivity index (χ0v) is 13.4. The maximum Gasteiger partial charge on any atom is 0.223 e. The zero-order chi connectivity index (χ0) is 15.4. The molecule has 0 spiro atoms. The van der Waals surface area contributed by atoms with E-state index in [0.29, 0.717) is 30.8 Å². The fraction of sp³-hybridized carbons (Fsp3) is 0.611. The van der Waals surface area contributed by atoms with Crippen molar-refractivity contribution in [3.63, 3.8) is 0 Å². The lowest BCUT2D eigenvalue weighted by atomic mass is 10.0. The third-order valence-corrected chi connectivity index (χ3v) is 4.77. The molecule has 1 heterocycles. The highest BCUT2D eigenvalue weighted by molar-refractivity contribution is 5.77. The van der Waals surface area contributed by atoms with Gasteiger partial charge < -0.3 is 15.0 Å². The van der Waals surface area contributed by atoms with Crippen LogP contribution in [-0.2, 0) is 11.3 Å². The van der Waals surface area contributed by atoms with Crippen molar-refractivity contribution in [3.05, 3.63) is 29.8 Å². The predicted octanol–water partition coefficient (Wildman–Crippen LogP) is 2.58. The first kappa shape index (κ1) is 15.3. The third-order valence-electron chi connectivity index (χ3n) is 4.77. The molecule has 3 rings (SSSR count). The molecular formula is C18H26N2O2. The highest BCUT2D eigenvalue weighted by Crippen LogP contribution is 2.31. The van der Waals surface area contributed by atoms with E-state index in [9.17, 15) is 4.79 Å². The van der Waals surface area contributed by atoms with Crippen molar-refractivity contribution in [1.82, 2.24) is 10.2 Å². The average molecular weight is 302 g/mol. The van der Waals surface area contributed by atoms with Crippen LogP contribution < -0.4 is 10.1 Å². The van der Waals surface area contributed by atoms with Crippen LogP contribution in [0, 0.1) is 5.92 Å². The second-order valence-corrected chi connectivity index (χ2v) is 6.46. The van der Waals surface area contributed by atoms with E-state index in [0.717, 1.165) is 43.7 Å². The van der Waals surface area contributed by atoms with Gasteiger partial charge in [-0.25, -0.2) is 0 Å². The zero-order valence-electron chi connectivity index (χ0n) is 13.4. The molecule has 2 aliphatic rings. The summed E-state index contributed by atoms with van der Waals surface area (Å²) in [6, 6.07) is 8.45. The largest absolute Gasteiger partial charge is 0.496 e. The van der Waals surface area contributed by atoms with Crippen LogP contribution in [-0.4, -0.2) is 37.0 Å². The summed E-state index contributed by atoms with van der Waals surface area (Å²) >= 11 is 0. The Bertz CT molecular complexity index is 508. The van der Waals surface area contributed by atoms with Gasteiger partial charge in [-0.3, -0.25) is 4.79 Å². The quantitative estimate of drug-likeness (QED) is 0.841. The fourth-order valence-corrected chi connectivity index (χ4v) is 3.26. The molecule has 2 fully saturated rings. The Morgan fingerprint density at radius 1 is 1.32 bits per heavy atom. The lowest BCUT2D eigenvalue weighted by Gasteiger charge is -2.24. The molecule has 1 unspecified atom stereocenters. The summed E-state index contributed by atoms with van der Waals surface area (Å²) in [5.74, 6) is 1.86. The van der Waals surface area contributed by atoms with E-state index in [1.165, 1.54) is 6.42 Å². The Balaban J connectivity index is 1.60. The van der Waals surface area contributed by atoms with Crippen molar-refractivity contribution in [1.29, 1.82) is 0 Å². The van der Waals surface area contributed by atoms with E-state index in [4.69, 9.17) is 4.74 Å². The molecule has 0 aromatic heterocycles. The van der Waals surface area contributed by atoms with Gasteiger partial charge in [0.15, 0.2) is 0 Å². The minimum absolute atomic E-state index is 0.306. The van der Waals surface area contributed by atoms with Crippen molar-refractivity contribution < 1.29 is 9.53 Å². The van der Waals surface area contributed by atoms with Gasteiger partial charge in [0.25, 0.3) is 0 Å². The molecule has 1 aromatic rings. The Labute approximate surface area is 132 Å². The number of carbonyl (C=O) groups excluding carboxylic acids is 1. The number of para-hydroxylation sites is 1. The molecular weight excluding hydrogens is 276 g/mol. The molecule has 4 nitrogen and oxygen atoms in total. The molecule has 0 radical (unpaired) electrons. The Hall–Kier alpha value is -1.55. The maximum atomic E-state index is 12.7. The van der Waals surface area contributed by atoms with E-state index in [1.807, 2.05) is 18.2 Å². The van der Waals surface area contributed by atoms with E-state index in [-0.39, 0.29) is 0 Å². The standard InChI is InChI=1S/C18H26N2O2/c1-22-17-5-3-2-4-15(17)13-20(16-7-8-16)18(21)9-6-14-10-11-19-12-14/h2-5,14,16,19H,6-13H2,1H3. The Kier molecular flexibility index (Phi) is 4.98. The molecule has 1 amide bonds. The second kappa shape index (κ2) is 7.14. The third kappa shape index (κ3) is 3.80. The van der Waals surface area contributed by atoms with Crippen LogP contribution >= 0.6 is 0 Å². The first-order chi connectivity index (χ1) is 10.8. The van der Waals surface area contributed by atoms with E-state index >= 15 is 0 Å². The summed E-state index contributed by atoms with van der Waals surface area (Å²) in [5, 5.41) is 3.37. The summed E-state index contributed by atoms with van der Waals surface area (Å²) in [6.07, 6.45) is 5.19. The number of methoxy groups -OCH3 is 1. The molecule has 4 heteroatoms. The number of amides is 1. The van der Waals surface area contributed by atoms with Gasteiger partial charge in [0.1, 0.15) is 5.75 Å². The summed E-state index contributed by atoms with van der Waals surface area (Å²) in [7, 11) is 1.69. The number of hydrogen-bond acceptors (Lipinski definition) is 3. The van der Waals surface area contributed by atoms with Gasteiger partial charge >= 0.3 is 0 Å². The maximum absolute atomic E-state index is 12.7. The van der Waals surface area contributed by atoms with Crippen molar-refractivity contribution >= 4 is 5.91 Å². The smallest absolute Gasteiger partial charge is 0.223 e.